The van der Waals surface area contributed by atoms with Crippen molar-refractivity contribution in [3.63, 3.8) is 0 Å². The summed E-state index contributed by atoms with van der Waals surface area (Å²) in [5.74, 6) is 1.69. The lowest BCUT2D eigenvalue weighted by Gasteiger charge is -2.18. The van der Waals surface area contributed by atoms with E-state index in [1.165, 1.54) is 25.7 Å². The molecule has 0 aliphatic heterocycles. The van der Waals surface area contributed by atoms with E-state index in [2.05, 4.69) is 28.1 Å². The molecule has 0 aromatic carbocycles. The zero-order valence-electron chi connectivity index (χ0n) is 14.1. The molecule has 5 nitrogen and oxygen atoms in total. The number of thioether (sulfide) groups is 2. The van der Waals surface area contributed by atoms with Gasteiger partial charge in [0.1, 0.15) is 5.52 Å². The van der Waals surface area contributed by atoms with Crippen LogP contribution in [-0.4, -0.2) is 50.0 Å². The van der Waals surface area contributed by atoms with Crippen molar-refractivity contribution in [2.24, 2.45) is 0 Å². The van der Waals surface area contributed by atoms with Gasteiger partial charge >= 0.3 is 0 Å². The van der Waals surface area contributed by atoms with Gasteiger partial charge in [-0.3, -0.25) is 0 Å². The first-order chi connectivity index (χ1) is 11.7. The third kappa shape index (κ3) is 3.28. The Morgan fingerprint density at radius 2 is 1.54 bits per heavy atom. The van der Waals surface area contributed by atoms with E-state index < -0.39 is 0 Å². The number of anilines is 2. The van der Waals surface area contributed by atoms with Crippen molar-refractivity contribution in [3.8, 4) is 0 Å². The molecule has 0 saturated heterocycles. The summed E-state index contributed by atoms with van der Waals surface area (Å²) in [7, 11) is 0. The van der Waals surface area contributed by atoms with Gasteiger partial charge in [0.2, 0.25) is 0 Å². The van der Waals surface area contributed by atoms with Crippen LogP contribution in [0.25, 0.3) is 11.2 Å². The summed E-state index contributed by atoms with van der Waals surface area (Å²) < 4.78 is 0.773. The summed E-state index contributed by atoms with van der Waals surface area (Å²) in [4.78, 5) is 13.8. The van der Waals surface area contributed by atoms with Crippen molar-refractivity contribution < 1.29 is 0 Å². The van der Waals surface area contributed by atoms with Gasteiger partial charge in [0.15, 0.2) is 17.3 Å². The molecule has 2 N–H and O–H groups in total. The second-order valence-electron chi connectivity index (χ2n) is 6.75. The molecule has 2 saturated carbocycles. The van der Waals surface area contributed by atoms with Gasteiger partial charge in [-0.1, -0.05) is 0 Å². The van der Waals surface area contributed by atoms with Crippen molar-refractivity contribution in [3.05, 3.63) is 18.3 Å². The number of hydrogen-bond acceptors (Lipinski definition) is 7. The zero-order valence-corrected chi connectivity index (χ0v) is 15.8. The summed E-state index contributed by atoms with van der Waals surface area (Å²) in [6, 6.07) is 3.88. The Labute approximate surface area is 151 Å². The van der Waals surface area contributed by atoms with Crippen LogP contribution in [0.15, 0.2) is 18.3 Å². The number of nitrogens with one attached hydrogen (secondary N) is 2. The van der Waals surface area contributed by atoms with Crippen molar-refractivity contribution in [1.82, 2.24) is 15.0 Å². The minimum Gasteiger partial charge on any atom is -0.366 e. The summed E-state index contributed by atoms with van der Waals surface area (Å²) in [6.07, 6.45) is 11.3. The Bertz CT molecular complexity index is 680. The molecule has 24 heavy (non-hydrogen) atoms. The van der Waals surface area contributed by atoms with Crippen LogP contribution in [-0.2, 0) is 0 Å². The van der Waals surface area contributed by atoms with Crippen LogP contribution in [0.5, 0.6) is 0 Å². The Balaban J connectivity index is 1.57. The number of nitrogens with zero attached hydrogens (tertiary/aromatic N) is 3. The standard InChI is InChI=1S/C17H23N5S2/c1-23-16(5-6-16)10-19-14-15(20-11-17(24-2)7-8-17)22-13-12(21-14)4-3-9-18-13/h3-4,9H,5-8,10-11H2,1-2H3,(H,19,21)(H,18,20,22). The molecule has 128 valence electrons. The molecule has 2 fully saturated rings. The molecular weight excluding hydrogens is 338 g/mol. The van der Waals surface area contributed by atoms with Crippen molar-refractivity contribution in [2.45, 2.75) is 35.2 Å². The van der Waals surface area contributed by atoms with E-state index in [-0.39, 0.29) is 0 Å². The normalized spacial score (nSPS) is 19.9. The molecule has 0 spiro atoms. The maximum Gasteiger partial charge on any atom is 0.180 e. The number of hydrogen-bond donors (Lipinski definition) is 2. The first-order valence-corrected chi connectivity index (χ1v) is 10.8. The number of aromatic nitrogens is 3. The molecule has 2 aliphatic carbocycles. The van der Waals surface area contributed by atoms with Crippen molar-refractivity contribution in [1.29, 1.82) is 0 Å². The topological polar surface area (TPSA) is 62.7 Å². The number of pyridine rings is 1. The van der Waals surface area contributed by atoms with Crippen LogP contribution in [0.2, 0.25) is 0 Å². The minimum atomic E-state index is 0.384. The number of fused-ring (bicyclic) bond motifs is 1. The van der Waals surface area contributed by atoms with Gasteiger partial charge in [0, 0.05) is 28.8 Å². The smallest absolute Gasteiger partial charge is 0.180 e. The van der Waals surface area contributed by atoms with Crippen molar-refractivity contribution >= 4 is 46.3 Å². The average Bonchev–Trinajstić information content (AvgIpc) is 3.54. The van der Waals surface area contributed by atoms with E-state index in [4.69, 9.17) is 9.97 Å². The molecule has 2 aliphatic rings. The fourth-order valence-electron chi connectivity index (χ4n) is 2.82. The Morgan fingerprint density at radius 3 is 2.08 bits per heavy atom. The van der Waals surface area contributed by atoms with Gasteiger partial charge < -0.3 is 10.6 Å². The quantitative estimate of drug-likeness (QED) is 0.744. The average molecular weight is 362 g/mol. The van der Waals surface area contributed by atoms with Crippen LogP contribution in [0.3, 0.4) is 0 Å². The highest BCUT2D eigenvalue weighted by Gasteiger charge is 2.43. The monoisotopic (exact) mass is 361 g/mol. The third-order valence-electron chi connectivity index (χ3n) is 5.08. The third-order valence-corrected chi connectivity index (χ3v) is 7.91. The SMILES string of the molecule is CSC1(CNc2nc3cccnc3nc2NCC2(SC)CC2)CC1. The maximum absolute atomic E-state index is 4.77. The largest absolute Gasteiger partial charge is 0.366 e. The molecule has 0 bridgehead atoms. The second-order valence-corrected chi connectivity index (χ2v) is 9.30. The molecule has 2 heterocycles. The van der Waals surface area contributed by atoms with E-state index in [9.17, 15) is 0 Å². The van der Waals surface area contributed by atoms with Crippen molar-refractivity contribution in [2.75, 3.05) is 36.2 Å². The number of rotatable bonds is 8. The van der Waals surface area contributed by atoms with Gasteiger partial charge in [-0.05, 0) is 50.3 Å². The lowest BCUT2D eigenvalue weighted by molar-refractivity contribution is 0.923. The molecule has 7 heteroatoms. The first kappa shape index (κ1) is 16.3. The zero-order chi connectivity index (χ0) is 16.6. The van der Waals surface area contributed by atoms with Crippen LogP contribution in [0, 0.1) is 0 Å². The molecule has 4 rings (SSSR count). The predicted molar refractivity (Wildman–Crippen MR) is 105 cm³/mol. The fourth-order valence-corrected chi connectivity index (χ4v) is 4.27. The molecule has 0 radical (unpaired) electrons. The fraction of sp³-hybridized carbons (Fsp3) is 0.588. The molecule has 0 amide bonds. The summed E-state index contributed by atoms with van der Waals surface area (Å²) in [6.45, 7) is 1.88. The second kappa shape index (κ2) is 6.26. The lowest BCUT2D eigenvalue weighted by Crippen LogP contribution is -2.22. The summed E-state index contributed by atoms with van der Waals surface area (Å²) in [5, 5.41) is 7.07. The van der Waals surface area contributed by atoms with Crippen LogP contribution in [0.1, 0.15) is 25.7 Å². The van der Waals surface area contributed by atoms with Gasteiger partial charge in [0.25, 0.3) is 0 Å². The lowest BCUT2D eigenvalue weighted by atomic mass is 10.3. The van der Waals surface area contributed by atoms with E-state index in [1.54, 1.807) is 6.20 Å². The van der Waals surface area contributed by atoms with Crippen LogP contribution >= 0.6 is 23.5 Å². The highest BCUT2D eigenvalue weighted by molar-refractivity contribution is 8.00. The Hall–Kier alpha value is -1.21. The van der Waals surface area contributed by atoms with E-state index in [1.807, 2.05) is 35.7 Å². The van der Waals surface area contributed by atoms with E-state index in [0.29, 0.717) is 15.1 Å². The van der Waals surface area contributed by atoms with Gasteiger partial charge in [-0.2, -0.15) is 23.5 Å². The van der Waals surface area contributed by atoms with Gasteiger partial charge in [-0.25, -0.2) is 15.0 Å². The van der Waals surface area contributed by atoms with Gasteiger partial charge in [0.05, 0.1) is 0 Å². The summed E-state index contributed by atoms with van der Waals surface area (Å²) >= 11 is 3.90. The van der Waals surface area contributed by atoms with E-state index in [0.717, 1.165) is 30.2 Å². The summed E-state index contributed by atoms with van der Waals surface area (Å²) in [5.41, 5.74) is 1.54. The highest BCUT2D eigenvalue weighted by Crippen LogP contribution is 2.48. The van der Waals surface area contributed by atoms with Crippen LogP contribution < -0.4 is 10.6 Å². The van der Waals surface area contributed by atoms with E-state index >= 15 is 0 Å². The molecule has 0 unspecified atom stereocenters. The highest BCUT2D eigenvalue weighted by atomic mass is 32.2. The molecular formula is C17H23N5S2. The predicted octanol–water partition coefficient (Wildman–Crippen LogP) is 3.64. The molecule has 2 aromatic rings. The Kier molecular flexibility index (Phi) is 4.24. The minimum absolute atomic E-state index is 0.384. The van der Waals surface area contributed by atoms with Gasteiger partial charge in [-0.15, -0.1) is 0 Å². The molecule has 2 aromatic heterocycles. The molecule has 0 atom stereocenters. The Morgan fingerprint density at radius 1 is 0.958 bits per heavy atom. The first-order valence-electron chi connectivity index (χ1n) is 8.38. The van der Waals surface area contributed by atoms with Crippen LogP contribution in [0.4, 0.5) is 11.6 Å². The maximum atomic E-state index is 4.77.